The molecule has 3 aromatic rings. The highest BCUT2D eigenvalue weighted by molar-refractivity contribution is 5.74. The van der Waals surface area contributed by atoms with Gasteiger partial charge in [0.25, 0.3) is 0 Å². The molecule has 0 aliphatic heterocycles. The summed E-state index contributed by atoms with van der Waals surface area (Å²) in [6.45, 7) is 2.11. The Labute approximate surface area is 111 Å². The normalized spacial score (nSPS) is 12.5. The topological polar surface area (TPSA) is 55.6 Å². The summed E-state index contributed by atoms with van der Waals surface area (Å²) in [6, 6.07) is 13.8. The van der Waals surface area contributed by atoms with Crippen molar-refractivity contribution in [3.8, 4) is 0 Å². The van der Waals surface area contributed by atoms with Crippen LogP contribution in [0.25, 0.3) is 11.0 Å². The van der Waals surface area contributed by atoms with E-state index in [1.807, 2.05) is 47.1 Å². The number of rotatable bonds is 4. The van der Waals surface area contributed by atoms with E-state index in [9.17, 15) is 0 Å². The predicted octanol–water partition coefficient (Wildman–Crippen LogP) is 2.85. The maximum atomic E-state index is 4.28. The Kier molecular flexibility index (Phi) is 3.10. The fraction of sp³-hybridized carbons (Fsp3) is 0.214. The summed E-state index contributed by atoms with van der Waals surface area (Å²) in [4.78, 5) is 4.28. The van der Waals surface area contributed by atoms with Crippen molar-refractivity contribution >= 4 is 16.9 Å². The lowest BCUT2D eigenvalue weighted by Crippen LogP contribution is -2.19. The number of fused-ring (bicyclic) bond motifs is 1. The zero-order valence-corrected chi connectivity index (χ0v) is 10.7. The number of aromatic nitrogens is 4. The highest BCUT2D eigenvalue weighted by atomic mass is 15.5. The van der Waals surface area contributed by atoms with Gasteiger partial charge in [-0.1, -0.05) is 30.3 Å². The summed E-state index contributed by atoms with van der Waals surface area (Å²) in [5.74, 6) is 0.842. The summed E-state index contributed by atoms with van der Waals surface area (Å²) in [6.07, 6.45) is 2.71. The monoisotopic (exact) mass is 253 g/mol. The van der Waals surface area contributed by atoms with Gasteiger partial charge in [-0.25, -0.2) is 9.67 Å². The fourth-order valence-corrected chi connectivity index (χ4v) is 2.07. The molecule has 0 aliphatic carbocycles. The first-order valence-electron chi connectivity index (χ1n) is 6.36. The Morgan fingerprint density at radius 3 is 2.79 bits per heavy atom. The average Bonchev–Trinajstić information content (AvgIpc) is 2.90. The molecule has 96 valence electrons. The van der Waals surface area contributed by atoms with Crippen molar-refractivity contribution in [1.82, 2.24) is 20.0 Å². The van der Waals surface area contributed by atoms with Crippen LogP contribution in [0.3, 0.4) is 0 Å². The molecular formula is C14H15N5. The van der Waals surface area contributed by atoms with E-state index in [0.29, 0.717) is 0 Å². The second-order valence-corrected chi connectivity index (χ2v) is 4.31. The molecule has 3 rings (SSSR count). The van der Waals surface area contributed by atoms with Gasteiger partial charge in [0.2, 0.25) is 0 Å². The molecule has 0 spiro atoms. The molecule has 2 heterocycles. The minimum Gasteiger partial charge on any atom is -0.348 e. The first kappa shape index (κ1) is 11.6. The maximum absolute atomic E-state index is 4.28. The SMILES string of the molecule is CCC(Nc1ccccn1)n1nnc2ccccc21. The zero-order chi connectivity index (χ0) is 13.1. The minimum atomic E-state index is 0.0438. The van der Waals surface area contributed by atoms with Crippen LogP contribution in [0, 0.1) is 0 Å². The van der Waals surface area contributed by atoms with Crippen LogP contribution in [0.5, 0.6) is 0 Å². The van der Waals surface area contributed by atoms with Gasteiger partial charge in [-0.3, -0.25) is 0 Å². The average molecular weight is 253 g/mol. The van der Waals surface area contributed by atoms with Crippen LogP contribution in [-0.2, 0) is 0 Å². The molecular weight excluding hydrogens is 238 g/mol. The van der Waals surface area contributed by atoms with Crippen LogP contribution in [0.2, 0.25) is 0 Å². The molecule has 0 saturated carbocycles. The largest absolute Gasteiger partial charge is 0.348 e. The van der Waals surface area contributed by atoms with Gasteiger partial charge in [-0.2, -0.15) is 0 Å². The van der Waals surface area contributed by atoms with Gasteiger partial charge in [-0.15, -0.1) is 5.10 Å². The lowest BCUT2D eigenvalue weighted by atomic mass is 10.3. The van der Waals surface area contributed by atoms with Gasteiger partial charge in [-0.05, 0) is 30.7 Å². The van der Waals surface area contributed by atoms with Crippen molar-refractivity contribution in [1.29, 1.82) is 0 Å². The Hall–Kier alpha value is -2.43. The Morgan fingerprint density at radius 1 is 1.16 bits per heavy atom. The van der Waals surface area contributed by atoms with Crippen LogP contribution in [0.1, 0.15) is 19.5 Å². The highest BCUT2D eigenvalue weighted by Crippen LogP contribution is 2.19. The van der Waals surface area contributed by atoms with E-state index >= 15 is 0 Å². The van der Waals surface area contributed by atoms with E-state index < -0.39 is 0 Å². The van der Waals surface area contributed by atoms with Crippen molar-refractivity contribution in [2.75, 3.05) is 5.32 Å². The third kappa shape index (κ3) is 2.27. The first-order valence-corrected chi connectivity index (χ1v) is 6.36. The molecule has 1 unspecified atom stereocenters. The van der Waals surface area contributed by atoms with Gasteiger partial charge in [0.1, 0.15) is 17.5 Å². The van der Waals surface area contributed by atoms with Gasteiger partial charge in [0.05, 0.1) is 5.52 Å². The smallest absolute Gasteiger partial charge is 0.127 e. The van der Waals surface area contributed by atoms with Crippen molar-refractivity contribution < 1.29 is 0 Å². The Morgan fingerprint density at radius 2 is 2.00 bits per heavy atom. The molecule has 2 aromatic heterocycles. The van der Waals surface area contributed by atoms with E-state index in [2.05, 4.69) is 27.5 Å². The number of pyridine rings is 1. The van der Waals surface area contributed by atoms with Crippen LogP contribution >= 0.6 is 0 Å². The molecule has 1 N–H and O–H groups in total. The molecule has 0 amide bonds. The molecule has 1 aromatic carbocycles. The van der Waals surface area contributed by atoms with Gasteiger partial charge < -0.3 is 5.32 Å². The molecule has 0 fully saturated rings. The lowest BCUT2D eigenvalue weighted by Gasteiger charge is -2.18. The number of hydrogen-bond acceptors (Lipinski definition) is 4. The highest BCUT2D eigenvalue weighted by Gasteiger charge is 2.13. The summed E-state index contributed by atoms with van der Waals surface area (Å²) in [5.41, 5.74) is 1.93. The Bertz CT molecular complexity index is 662. The van der Waals surface area contributed by atoms with Crippen molar-refractivity contribution in [2.24, 2.45) is 0 Å². The zero-order valence-electron chi connectivity index (χ0n) is 10.7. The molecule has 0 bridgehead atoms. The molecule has 0 saturated heterocycles. The van der Waals surface area contributed by atoms with Crippen molar-refractivity contribution in [2.45, 2.75) is 19.5 Å². The van der Waals surface area contributed by atoms with Crippen molar-refractivity contribution in [3.63, 3.8) is 0 Å². The number of anilines is 1. The van der Waals surface area contributed by atoms with Gasteiger partial charge >= 0.3 is 0 Å². The predicted molar refractivity (Wildman–Crippen MR) is 74.7 cm³/mol. The van der Waals surface area contributed by atoms with E-state index in [0.717, 1.165) is 23.3 Å². The quantitative estimate of drug-likeness (QED) is 0.776. The molecule has 0 radical (unpaired) electrons. The fourth-order valence-electron chi connectivity index (χ4n) is 2.07. The maximum Gasteiger partial charge on any atom is 0.127 e. The van der Waals surface area contributed by atoms with Crippen LogP contribution in [0.15, 0.2) is 48.7 Å². The standard InChI is InChI=1S/C14H15N5/c1-2-14(16-13-9-5-6-10-15-13)19-12-8-4-3-7-11(12)17-18-19/h3-10,14H,2H2,1H3,(H,15,16). The summed E-state index contributed by atoms with van der Waals surface area (Å²) in [7, 11) is 0. The molecule has 5 heteroatoms. The number of para-hydroxylation sites is 1. The third-order valence-corrected chi connectivity index (χ3v) is 3.04. The van der Waals surface area contributed by atoms with Crippen molar-refractivity contribution in [3.05, 3.63) is 48.7 Å². The van der Waals surface area contributed by atoms with Crippen LogP contribution < -0.4 is 5.32 Å². The van der Waals surface area contributed by atoms with Crippen LogP contribution in [-0.4, -0.2) is 20.0 Å². The van der Waals surface area contributed by atoms with Gasteiger partial charge in [0, 0.05) is 6.20 Å². The number of hydrogen-bond donors (Lipinski definition) is 1. The molecule has 1 atom stereocenters. The van der Waals surface area contributed by atoms with E-state index in [-0.39, 0.29) is 6.17 Å². The second kappa shape index (κ2) is 5.06. The molecule has 5 nitrogen and oxygen atoms in total. The summed E-state index contributed by atoms with van der Waals surface area (Å²) in [5, 5.41) is 11.8. The molecule has 0 aliphatic rings. The van der Waals surface area contributed by atoms with Crippen LogP contribution in [0.4, 0.5) is 5.82 Å². The molecule has 19 heavy (non-hydrogen) atoms. The van der Waals surface area contributed by atoms with Gasteiger partial charge in [0.15, 0.2) is 0 Å². The van der Waals surface area contributed by atoms with E-state index in [1.54, 1.807) is 6.20 Å². The number of nitrogens with zero attached hydrogens (tertiary/aromatic N) is 4. The Balaban J connectivity index is 1.94. The number of nitrogens with one attached hydrogen (secondary N) is 1. The summed E-state index contributed by atoms with van der Waals surface area (Å²) < 4.78 is 1.91. The van der Waals surface area contributed by atoms with E-state index in [4.69, 9.17) is 0 Å². The third-order valence-electron chi connectivity index (χ3n) is 3.04. The first-order chi connectivity index (χ1) is 9.38. The number of benzene rings is 1. The van der Waals surface area contributed by atoms with E-state index in [1.165, 1.54) is 0 Å². The minimum absolute atomic E-state index is 0.0438. The summed E-state index contributed by atoms with van der Waals surface area (Å²) >= 11 is 0. The second-order valence-electron chi connectivity index (χ2n) is 4.31. The lowest BCUT2D eigenvalue weighted by molar-refractivity contribution is 0.488.